The van der Waals surface area contributed by atoms with Gasteiger partial charge in [0.05, 0.1) is 31.0 Å². The topological polar surface area (TPSA) is 259 Å². The summed E-state index contributed by atoms with van der Waals surface area (Å²) < 4.78 is 23.6. The largest absolute Gasteiger partial charge is 0.394 e. The standard InChI is InChI=1S/C42H72O15/c1-19(27(44)32(49)35(52)39(4,5)53)20-13-14-42(8)25-11-9-21-22(40(25,6)15-16-41(20,42)7)10-12-26(38(21,2)3)57-37-34(51)31(48)29(46)24(56-37)18-54-36-33(50)30(47)28(45)23(17-43)55-36/h9,19-20,22-37,43-53H,10-18H2,1-8H3/t19-,20+,22+,23+,24+,25+,26-,27-,28-,29-,30-,31-,32+,33+,34+,35+,36+,37-,40-,41+,42-/m0/s1. The molecule has 3 saturated carbocycles. The number of hydrogen-bond donors (Lipinski definition) is 11. The summed E-state index contributed by atoms with van der Waals surface area (Å²) in [4.78, 5) is 0. The van der Waals surface area contributed by atoms with Crippen molar-refractivity contribution in [3.8, 4) is 0 Å². The Morgan fingerprint density at radius 1 is 0.754 bits per heavy atom. The molecule has 15 nitrogen and oxygen atoms in total. The highest BCUT2D eigenvalue weighted by molar-refractivity contribution is 5.30. The van der Waals surface area contributed by atoms with E-state index in [-0.39, 0.29) is 34.0 Å². The molecule has 15 heteroatoms. The highest BCUT2D eigenvalue weighted by Gasteiger charge is 2.68. The quantitative estimate of drug-likeness (QED) is 0.124. The second-order valence-electron chi connectivity index (χ2n) is 20.4. The van der Waals surface area contributed by atoms with Crippen molar-refractivity contribution in [1.82, 2.24) is 0 Å². The zero-order valence-electron chi connectivity index (χ0n) is 34.9. The van der Waals surface area contributed by atoms with Gasteiger partial charge in [0.25, 0.3) is 0 Å². The van der Waals surface area contributed by atoms with Crippen LogP contribution in [0.1, 0.15) is 100 Å². The SMILES string of the molecule is C[C@H]([C@H](O)[C@@H](O)[C@@H](O)C(C)(C)O)[C@H]1CC[C@@]2(C)[C@@H]3CC=C4[C@@H](CC[C@H](O[C@@H]5O[C@H](CO[C@@H]6O[C@H](CO)[C@H](O)[C@H](O)[C@H]6O)[C@H](O)[C@H](O)[C@H]5O)C4(C)C)[C@]3(C)CC[C@]12C. The van der Waals surface area contributed by atoms with E-state index >= 15 is 0 Å². The van der Waals surface area contributed by atoms with Gasteiger partial charge in [-0.05, 0) is 98.7 Å². The van der Waals surface area contributed by atoms with Gasteiger partial charge in [-0.2, -0.15) is 0 Å². The number of hydrogen-bond acceptors (Lipinski definition) is 15. The van der Waals surface area contributed by atoms with E-state index in [4.69, 9.17) is 18.9 Å². The summed E-state index contributed by atoms with van der Waals surface area (Å²) >= 11 is 0. The number of rotatable bonds is 11. The lowest BCUT2D eigenvalue weighted by molar-refractivity contribution is -0.340. The van der Waals surface area contributed by atoms with Gasteiger partial charge in [0.15, 0.2) is 12.6 Å². The maximum absolute atomic E-state index is 11.4. The van der Waals surface area contributed by atoms with Gasteiger partial charge in [0, 0.05) is 5.41 Å². The first-order chi connectivity index (χ1) is 26.4. The molecule has 4 aliphatic carbocycles. The Morgan fingerprint density at radius 2 is 1.35 bits per heavy atom. The Kier molecular flexibility index (Phi) is 12.9. The van der Waals surface area contributed by atoms with E-state index in [1.807, 2.05) is 6.92 Å². The third-order valence-corrected chi connectivity index (χ3v) is 16.7. The summed E-state index contributed by atoms with van der Waals surface area (Å²) in [6.45, 7) is 15.2. The average molecular weight is 817 g/mol. The number of allylic oxidation sites excluding steroid dienone is 1. The monoisotopic (exact) mass is 816 g/mol. The van der Waals surface area contributed by atoms with Crippen molar-refractivity contribution < 1.29 is 75.1 Å². The van der Waals surface area contributed by atoms with E-state index in [0.29, 0.717) is 12.3 Å². The third-order valence-electron chi connectivity index (χ3n) is 16.7. The Hall–Kier alpha value is -0.860. The normalized spacial score (nSPS) is 49.5. The molecule has 57 heavy (non-hydrogen) atoms. The summed E-state index contributed by atoms with van der Waals surface area (Å²) in [5.74, 6) is 0.434. The van der Waals surface area contributed by atoms with E-state index in [1.165, 1.54) is 19.4 Å². The Morgan fingerprint density at radius 3 is 1.96 bits per heavy atom. The fourth-order valence-electron chi connectivity index (χ4n) is 12.7. The third kappa shape index (κ3) is 7.49. The van der Waals surface area contributed by atoms with Crippen molar-refractivity contribution in [3.63, 3.8) is 0 Å². The predicted molar refractivity (Wildman–Crippen MR) is 204 cm³/mol. The minimum atomic E-state index is -1.67. The van der Waals surface area contributed by atoms with Gasteiger partial charge in [0.2, 0.25) is 0 Å². The molecule has 0 unspecified atom stereocenters. The molecule has 0 spiro atoms. The highest BCUT2D eigenvalue weighted by atomic mass is 16.7. The molecular weight excluding hydrogens is 744 g/mol. The van der Waals surface area contributed by atoms with Crippen LogP contribution < -0.4 is 0 Å². The molecule has 21 atom stereocenters. The van der Waals surface area contributed by atoms with Crippen molar-refractivity contribution in [2.24, 2.45) is 45.3 Å². The fraction of sp³-hybridized carbons (Fsp3) is 0.952. The zero-order valence-corrected chi connectivity index (χ0v) is 34.9. The van der Waals surface area contributed by atoms with Gasteiger partial charge in [0.1, 0.15) is 61.0 Å². The van der Waals surface area contributed by atoms with Crippen molar-refractivity contribution in [3.05, 3.63) is 11.6 Å². The summed E-state index contributed by atoms with van der Waals surface area (Å²) in [6.07, 6.45) is -11.0. The van der Waals surface area contributed by atoms with Gasteiger partial charge in [-0.3, -0.25) is 0 Å². The molecule has 6 rings (SSSR count). The van der Waals surface area contributed by atoms with Crippen LogP contribution in [-0.4, -0.2) is 161 Å². The lowest BCUT2D eigenvalue weighted by atomic mass is 9.39. The highest BCUT2D eigenvalue weighted by Crippen LogP contribution is 2.75. The van der Waals surface area contributed by atoms with E-state index in [9.17, 15) is 56.2 Å². The van der Waals surface area contributed by atoms with Gasteiger partial charge in [-0.15, -0.1) is 0 Å². The first-order valence-electron chi connectivity index (χ1n) is 21.1. The molecule has 0 aromatic heterocycles. The number of ether oxygens (including phenoxy) is 4. The van der Waals surface area contributed by atoms with Crippen LogP contribution in [0.2, 0.25) is 0 Å². The second kappa shape index (κ2) is 16.1. The Labute approximate surface area is 336 Å². The first kappa shape index (κ1) is 45.7. The van der Waals surface area contributed by atoms with Gasteiger partial charge < -0.3 is 75.1 Å². The molecule has 2 aliphatic heterocycles. The number of fused-ring (bicyclic) bond motifs is 5. The van der Waals surface area contributed by atoms with Gasteiger partial charge in [-0.25, -0.2) is 0 Å². The molecule has 6 aliphatic rings. The van der Waals surface area contributed by atoms with Crippen LogP contribution in [0.5, 0.6) is 0 Å². The van der Waals surface area contributed by atoms with Gasteiger partial charge in [-0.1, -0.05) is 53.2 Å². The van der Waals surface area contributed by atoms with Crippen LogP contribution in [0, 0.1) is 45.3 Å². The summed E-state index contributed by atoms with van der Waals surface area (Å²) in [7, 11) is 0. The molecule has 0 aromatic carbocycles. The van der Waals surface area contributed by atoms with E-state index < -0.39 is 110 Å². The Bertz CT molecular complexity index is 1440. The Balaban J connectivity index is 1.15. The second-order valence-corrected chi connectivity index (χ2v) is 20.4. The summed E-state index contributed by atoms with van der Waals surface area (Å²) in [6, 6.07) is 0. The van der Waals surface area contributed by atoms with Crippen LogP contribution >= 0.6 is 0 Å². The lowest BCUT2D eigenvalue weighted by Crippen LogP contribution is -2.63. The van der Waals surface area contributed by atoms with Crippen molar-refractivity contribution in [2.45, 2.75) is 192 Å². The fourth-order valence-corrected chi connectivity index (χ4v) is 12.7. The lowest BCUT2D eigenvalue weighted by Gasteiger charge is -2.66. The molecule has 2 saturated heterocycles. The van der Waals surface area contributed by atoms with Crippen LogP contribution in [0.25, 0.3) is 0 Å². The molecule has 2 heterocycles. The van der Waals surface area contributed by atoms with Crippen LogP contribution in [0.3, 0.4) is 0 Å². The minimum absolute atomic E-state index is 0.0258. The molecule has 0 aromatic rings. The molecule has 0 bridgehead atoms. The van der Waals surface area contributed by atoms with Crippen molar-refractivity contribution >= 4 is 0 Å². The number of aliphatic hydroxyl groups is 11. The summed E-state index contributed by atoms with van der Waals surface area (Å²) in [5.41, 5.74) is -0.959. The number of aliphatic hydroxyl groups excluding tert-OH is 10. The van der Waals surface area contributed by atoms with E-state index in [2.05, 4.69) is 40.7 Å². The maximum Gasteiger partial charge on any atom is 0.187 e. The van der Waals surface area contributed by atoms with Crippen LogP contribution in [0.4, 0.5) is 0 Å². The van der Waals surface area contributed by atoms with E-state index in [1.54, 1.807) is 0 Å². The smallest absolute Gasteiger partial charge is 0.187 e. The molecule has 11 N–H and O–H groups in total. The summed E-state index contributed by atoms with van der Waals surface area (Å²) in [5, 5.41) is 116. The van der Waals surface area contributed by atoms with Gasteiger partial charge >= 0.3 is 0 Å². The van der Waals surface area contributed by atoms with Crippen molar-refractivity contribution in [2.75, 3.05) is 13.2 Å². The molecule has 0 amide bonds. The van der Waals surface area contributed by atoms with Crippen molar-refractivity contribution in [1.29, 1.82) is 0 Å². The first-order valence-corrected chi connectivity index (χ1v) is 21.1. The van der Waals surface area contributed by atoms with E-state index in [0.717, 1.165) is 38.5 Å². The average Bonchev–Trinajstić information content (AvgIpc) is 3.43. The minimum Gasteiger partial charge on any atom is -0.394 e. The van der Waals surface area contributed by atoms with Crippen LogP contribution in [-0.2, 0) is 18.9 Å². The predicted octanol–water partition coefficient (Wildman–Crippen LogP) is 0.0906. The van der Waals surface area contributed by atoms with Crippen LogP contribution in [0.15, 0.2) is 11.6 Å². The molecule has 330 valence electrons. The zero-order chi connectivity index (χ0) is 42.4. The molecule has 0 radical (unpaired) electrons. The molecule has 5 fully saturated rings. The molecular formula is C42H72O15. The maximum atomic E-state index is 11.4.